The molecule has 0 saturated heterocycles. The Kier molecular flexibility index (Phi) is 10.2. The minimum absolute atomic E-state index is 0.0452. The first-order valence-corrected chi connectivity index (χ1v) is 7.73. The summed E-state index contributed by atoms with van der Waals surface area (Å²) in [5.41, 5.74) is 0. The van der Waals surface area contributed by atoms with Crippen molar-refractivity contribution in [1.82, 2.24) is 10.2 Å². The number of rotatable bonds is 8. The number of ether oxygens (including phenoxy) is 3. The number of hydrogen-bond donors (Lipinski definition) is 2. The van der Waals surface area contributed by atoms with Gasteiger partial charge in [-0.1, -0.05) is 13.8 Å². The summed E-state index contributed by atoms with van der Waals surface area (Å²) < 4.78 is 14.7. The number of guanidine groups is 1. The molecular weight excluding hydrogens is 318 g/mol. The van der Waals surface area contributed by atoms with E-state index in [2.05, 4.69) is 5.32 Å². The smallest absolute Gasteiger partial charge is 0.413 e. The van der Waals surface area contributed by atoms with Gasteiger partial charge in [-0.2, -0.15) is 0 Å². The molecule has 0 heterocycles. The monoisotopic (exact) mass is 345 g/mol. The lowest BCUT2D eigenvalue weighted by atomic mass is 10.2. The van der Waals surface area contributed by atoms with Gasteiger partial charge in [-0.15, -0.1) is 0 Å². The average Bonchev–Trinajstić information content (AvgIpc) is 2.45. The molecule has 0 aromatic heterocycles. The van der Waals surface area contributed by atoms with Crippen LogP contribution in [0.25, 0.3) is 0 Å². The van der Waals surface area contributed by atoms with E-state index in [0.29, 0.717) is 6.42 Å². The van der Waals surface area contributed by atoms with Crippen molar-refractivity contribution in [2.45, 2.75) is 40.2 Å². The standard InChI is InChI=1S/C15H27N3O6/c1-10(2)13(20)22-7-6-8-23-15(21)17-14(16)18(5)9-12(19)24-11(3)4/h10-11H,6-9H2,1-5H3,(H2,16,17,21). The Balaban J connectivity index is 3.91. The van der Waals surface area contributed by atoms with Crippen molar-refractivity contribution in [3.05, 3.63) is 0 Å². The van der Waals surface area contributed by atoms with Crippen molar-refractivity contribution in [1.29, 1.82) is 5.41 Å². The summed E-state index contributed by atoms with van der Waals surface area (Å²) in [6, 6.07) is 0. The van der Waals surface area contributed by atoms with Crippen molar-refractivity contribution in [3.63, 3.8) is 0 Å². The Labute approximate surface area is 142 Å². The summed E-state index contributed by atoms with van der Waals surface area (Å²) in [6.07, 6.45) is -0.711. The SMILES string of the molecule is CC(C)OC(=O)CN(C)C(=N)NC(=O)OCCCOC(=O)C(C)C. The fraction of sp³-hybridized carbons (Fsp3) is 0.733. The highest BCUT2D eigenvalue weighted by Gasteiger charge is 2.15. The number of alkyl carbamates (subject to hydrolysis) is 1. The van der Waals surface area contributed by atoms with E-state index in [4.69, 9.17) is 19.6 Å². The Bertz CT molecular complexity index is 450. The topological polar surface area (TPSA) is 118 Å². The van der Waals surface area contributed by atoms with Gasteiger partial charge >= 0.3 is 18.0 Å². The van der Waals surface area contributed by atoms with Gasteiger partial charge in [0.1, 0.15) is 6.54 Å². The Morgan fingerprint density at radius 3 is 2.21 bits per heavy atom. The van der Waals surface area contributed by atoms with Crippen LogP contribution < -0.4 is 5.32 Å². The lowest BCUT2D eigenvalue weighted by molar-refractivity contribution is -0.148. The molecule has 0 unspecified atom stereocenters. The van der Waals surface area contributed by atoms with Gasteiger partial charge < -0.3 is 19.1 Å². The molecule has 24 heavy (non-hydrogen) atoms. The van der Waals surface area contributed by atoms with E-state index < -0.39 is 12.1 Å². The minimum Gasteiger partial charge on any atom is -0.465 e. The zero-order chi connectivity index (χ0) is 18.7. The molecule has 0 rings (SSSR count). The average molecular weight is 345 g/mol. The van der Waals surface area contributed by atoms with Gasteiger partial charge in [-0.3, -0.25) is 20.3 Å². The molecule has 138 valence electrons. The van der Waals surface area contributed by atoms with Gasteiger partial charge in [-0.25, -0.2) is 4.79 Å². The van der Waals surface area contributed by atoms with Crippen molar-refractivity contribution >= 4 is 24.0 Å². The first-order valence-electron chi connectivity index (χ1n) is 7.73. The van der Waals surface area contributed by atoms with E-state index >= 15 is 0 Å². The Morgan fingerprint density at radius 1 is 1.08 bits per heavy atom. The highest BCUT2D eigenvalue weighted by atomic mass is 16.6. The first-order chi connectivity index (χ1) is 11.1. The third-order valence-electron chi connectivity index (χ3n) is 2.57. The second-order valence-electron chi connectivity index (χ2n) is 5.68. The summed E-state index contributed by atoms with van der Waals surface area (Å²) in [6.45, 7) is 6.93. The van der Waals surface area contributed by atoms with Crippen molar-refractivity contribution < 1.29 is 28.6 Å². The van der Waals surface area contributed by atoms with Crippen molar-refractivity contribution in [3.8, 4) is 0 Å². The number of esters is 2. The molecular formula is C15H27N3O6. The number of nitrogens with zero attached hydrogens (tertiary/aromatic N) is 1. The lowest BCUT2D eigenvalue weighted by Crippen LogP contribution is -2.44. The first kappa shape index (κ1) is 21.7. The number of likely N-dealkylation sites (N-methyl/N-ethyl adjacent to an activating group) is 1. The van der Waals surface area contributed by atoms with Crippen LogP contribution in [0.4, 0.5) is 4.79 Å². The molecule has 9 heteroatoms. The maximum absolute atomic E-state index is 11.5. The maximum Gasteiger partial charge on any atom is 0.413 e. The van der Waals surface area contributed by atoms with E-state index in [-0.39, 0.29) is 43.7 Å². The summed E-state index contributed by atoms with van der Waals surface area (Å²) in [4.78, 5) is 35.4. The summed E-state index contributed by atoms with van der Waals surface area (Å²) in [5.74, 6) is -1.30. The molecule has 2 N–H and O–H groups in total. The van der Waals surface area contributed by atoms with Gasteiger partial charge in [0, 0.05) is 13.5 Å². The molecule has 0 aliphatic rings. The number of carbonyl (C=O) groups excluding carboxylic acids is 3. The number of carbonyl (C=O) groups is 3. The van der Waals surface area contributed by atoms with E-state index in [9.17, 15) is 14.4 Å². The second-order valence-corrected chi connectivity index (χ2v) is 5.68. The highest BCUT2D eigenvalue weighted by Crippen LogP contribution is 1.97. The Morgan fingerprint density at radius 2 is 1.67 bits per heavy atom. The van der Waals surface area contributed by atoms with E-state index in [1.54, 1.807) is 27.7 Å². The predicted molar refractivity (Wildman–Crippen MR) is 86.5 cm³/mol. The molecule has 0 radical (unpaired) electrons. The van der Waals surface area contributed by atoms with Crippen LogP contribution in [0.2, 0.25) is 0 Å². The van der Waals surface area contributed by atoms with E-state index in [1.165, 1.54) is 11.9 Å². The third kappa shape index (κ3) is 10.4. The number of amides is 1. The van der Waals surface area contributed by atoms with Gasteiger partial charge in [0.15, 0.2) is 0 Å². The highest BCUT2D eigenvalue weighted by molar-refractivity contribution is 5.93. The molecule has 0 spiro atoms. The fourth-order valence-corrected chi connectivity index (χ4v) is 1.36. The number of nitrogens with one attached hydrogen (secondary N) is 2. The molecule has 0 saturated carbocycles. The molecule has 0 aromatic carbocycles. The normalized spacial score (nSPS) is 10.3. The van der Waals surface area contributed by atoms with Gasteiger partial charge in [-0.05, 0) is 13.8 Å². The van der Waals surface area contributed by atoms with E-state index in [0.717, 1.165) is 0 Å². The number of hydrogen-bond acceptors (Lipinski definition) is 7. The molecule has 0 aliphatic heterocycles. The molecule has 0 aromatic rings. The molecule has 0 aliphatic carbocycles. The van der Waals surface area contributed by atoms with Gasteiger partial charge in [0.05, 0.1) is 25.2 Å². The quantitative estimate of drug-likeness (QED) is 0.222. The van der Waals surface area contributed by atoms with Crippen molar-refractivity contribution in [2.75, 3.05) is 26.8 Å². The molecule has 0 fully saturated rings. The zero-order valence-electron chi connectivity index (χ0n) is 14.9. The van der Waals surface area contributed by atoms with Gasteiger partial charge in [0.25, 0.3) is 0 Å². The minimum atomic E-state index is -0.820. The van der Waals surface area contributed by atoms with Crippen LogP contribution in [0.15, 0.2) is 0 Å². The molecule has 0 bridgehead atoms. The zero-order valence-corrected chi connectivity index (χ0v) is 14.9. The largest absolute Gasteiger partial charge is 0.465 e. The van der Waals surface area contributed by atoms with Crippen LogP contribution >= 0.6 is 0 Å². The van der Waals surface area contributed by atoms with Crippen LogP contribution in [0.3, 0.4) is 0 Å². The fourth-order valence-electron chi connectivity index (χ4n) is 1.36. The molecule has 9 nitrogen and oxygen atoms in total. The predicted octanol–water partition coefficient (Wildman–Crippen LogP) is 1.12. The van der Waals surface area contributed by atoms with Gasteiger partial charge in [0.2, 0.25) is 5.96 Å². The maximum atomic E-state index is 11.5. The summed E-state index contributed by atoms with van der Waals surface area (Å²) in [5, 5.41) is 9.85. The lowest BCUT2D eigenvalue weighted by Gasteiger charge is -2.19. The molecule has 1 amide bonds. The third-order valence-corrected chi connectivity index (χ3v) is 2.57. The Hall–Kier alpha value is -2.32. The summed E-state index contributed by atoms with van der Waals surface area (Å²) >= 11 is 0. The van der Waals surface area contributed by atoms with Crippen molar-refractivity contribution in [2.24, 2.45) is 5.92 Å². The molecule has 0 atom stereocenters. The van der Waals surface area contributed by atoms with Crippen LogP contribution in [-0.2, 0) is 23.8 Å². The summed E-state index contributed by atoms with van der Waals surface area (Å²) in [7, 11) is 1.47. The van der Waals surface area contributed by atoms with E-state index in [1.807, 2.05) is 0 Å². The van der Waals surface area contributed by atoms with Crippen LogP contribution in [0, 0.1) is 11.3 Å². The van der Waals surface area contributed by atoms with Crippen LogP contribution in [-0.4, -0.2) is 61.8 Å². The van der Waals surface area contributed by atoms with Crippen LogP contribution in [0.1, 0.15) is 34.1 Å². The second kappa shape index (κ2) is 11.3. The van der Waals surface area contributed by atoms with Crippen LogP contribution in [0.5, 0.6) is 0 Å².